The lowest BCUT2D eigenvalue weighted by atomic mass is 10.1. The van der Waals surface area contributed by atoms with E-state index in [4.69, 9.17) is 0 Å². The number of pyridine rings is 2. The monoisotopic (exact) mass is 566 g/mol. The molecule has 5 heterocycles. The Morgan fingerprint density at radius 2 is 2.03 bits per heavy atom. The number of nitrogens with zero attached hydrogens (tertiary/aromatic N) is 7. The fraction of sp³-hybridized carbons (Fsp3) is 0.250. The van der Waals surface area contributed by atoms with Crippen LogP contribution in [0.15, 0.2) is 53.4 Å². The zero-order valence-electron chi connectivity index (χ0n) is 19.5. The van der Waals surface area contributed by atoms with Gasteiger partial charge in [0.1, 0.15) is 34.5 Å². The Kier molecular flexibility index (Phi) is 6.70. The molecule has 1 saturated heterocycles. The van der Waals surface area contributed by atoms with Crippen LogP contribution in [0.1, 0.15) is 34.3 Å². The molecule has 2 atom stereocenters. The van der Waals surface area contributed by atoms with Crippen molar-refractivity contribution in [3.8, 4) is 0 Å². The van der Waals surface area contributed by atoms with E-state index in [1.165, 1.54) is 35.0 Å². The molecule has 0 spiro atoms. The van der Waals surface area contributed by atoms with Gasteiger partial charge in [-0.15, -0.1) is 5.10 Å². The van der Waals surface area contributed by atoms with Crippen molar-refractivity contribution in [1.29, 1.82) is 0 Å². The van der Waals surface area contributed by atoms with E-state index in [0.717, 1.165) is 0 Å². The summed E-state index contributed by atoms with van der Waals surface area (Å²) in [5.74, 6) is -0.368. The van der Waals surface area contributed by atoms with Crippen molar-refractivity contribution in [2.45, 2.75) is 32.1 Å². The Morgan fingerprint density at radius 1 is 1.19 bits per heavy atom. The van der Waals surface area contributed by atoms with Crippen LogP contribution in [0.4, 0.5) is 16.0 Å². The molecule has 1 fully saturated rings. The lowest BCUT2D eigenvalue weighted by Crippen LogP contribution is -2.42. The van der Waals surface area contributed by atoms with Gasteiger partial charge in [0, 0.05) is 24.9 Å². The molecule has 1 amide bonds. The summed E-state index contributed by atoms with van der Waals surface area (Å²) in [7, 11) is 0. The maximum absolute atomic E-state index is 14.4. The van der Waals surface area contributed by atoms with Crippen LogP contribution in [0, 0.1) is 0 Å². The summed E-state index contributed by atoms with van der Waals surface area (Å²) in [6.07, 6.45) is 1.56. The summed E-state index contributed by atoms with van der Waals surface area (Å²) < 4.78 is 16.2. The Morgan fingerprint density at radius 3 is 2.76 bits per heavy atom. The maximum atomic E-state index is 14.4. The molecule has 1 aliphatic rings. The summed E-state index contributed by atoms with van der Waals surface area (Å²) >= 11 is 3.23. The highest BCUT2D eigenvalue weighted by Crippen LogP contribution is 2.26. The lowest BCUT2D eigenvalue weighted by Gasteiger charge is -2.23. The van der Waals surface area contributed by atoms with Gasteiger partial charge in [0.05, 0.1) is 24.3 Å². The molecular formula is C24H20BrFN8O3. The SMILES string of the molecule is CC(=O)c1nn(CC(=O)N2C[C@H](F)C[C@H]2C(=O)c2cccc(Br)n2)c2cnc(Nc3cccnn3)cc12. The van der Waals surface area contributed by atoms with Crippen molar-refractivity contribution in [2.24, 2.45) is 0 Å². The van der Waals surface area contributed by atoms with Crippen molar-refractivity contribution in [3.05, 3.63) is 64.8 Å². The van der Waals surface area contributed by atoms with Gasteiger partial charge in [-0.3, -0.25) is 19.1 Å². The van der Waals surface area contributed by atoms with Crippen LogP contribution < -0.4 is 5.32 Å². The fourth-order valence-corrected chi connectivity index (χ4v) is 4.61. The van der Waals surface area contributed by atoms with Gasteiger partial charge < -0.3 is 10.2 Å². The van der Waals surface area contributed by atoms with Gasteiger partial charge in [0.25, 0.3) is 0 Å². The molecule has 13 heteroatoms. The molecule has 37 heavy (non-hydrogen) atoms. The summed E-state index contributed by atoms with van der Waals surface area (Å²) in [5.41, 5.74) is 0.737. The average Bonchev–Trinajstić information content (AvgIpc) is 3.45. The van der Waals surface area contributed by atoms with E-state index in [9.17, 15) is 18.8 Å². The highest BCUT2D eigenvalue weighted by Gasteiger charge is 2.40. The molecule has 0 saturated carbocycles. The predicted octanol–water partition coefficient (Wildman–Crippen LogP) is 3.15. The summed E-state index contributed by atoms with van der Waals surface area (Å²) in [6.45, 7) is 0.856. The van der Waals surface area contributed by atoms with Crippen molar-refractivity contribution >= 4 is 55.9 Å². The number of carbonyl (C=O) groups is 3. The van der Waals surface area contributed by atoms with Crippen LogP contribution in [0.5, 0.6) is 0 Å². The molecule has 188 valence electrons. The minimum atomic E-state index is -1.34. The van der Waals surface area contributed by atoms with Crippen molar-refractivity contribution in [1.82, 2.24) is 34.8 Å². The van der Waals surface area contributed by atoms with Crippen LogP contribution in [-0.2, 0) is 11.3 Å². The third kappa shape index (κ3) is 5.07. The van der Waals surface area contributed by atoms with E-state index < -0.39 is 23.9 Å². The highest BCUT2D eigenvalue weighted by molar-refractivity contribution is 9.10. The minimum Gasteiger partial charge on any atom is -0.328 e. The first kappa shape index (κ1) is 24.6. The third-order valence-corrected chi connectivity index (χ3v) is 6.37. The summed E-state index contributed by atoms with van der Waals surface area (Å²) in [4.78, 5) is 48.4. The normalized spacial score (nSPS) is 17.2. The zero-order chi connectivity index (χ0) is 26.1. The van der Waals surface area contributed by atoms with Crippen molar-refractivity contribution < 1.29 is 18.8 Å². The molecular weight excluding hydrogens is 547 g/mol. The number of ketones is 2. The first-order chi connectivity index (χ1) is 17.8. The standard InChI is InChI=1S/C24H20BrFN8O3/c1-13(35)23-15-9-21(30-20-6-3-7-28-31-20)27-10-18(15)34(32-23)12-22(36)33-11-14(26)8-17(33)24(37)16-4-2-5-19(25)29-16/h2-7,9-10,14,17H,8,11-12H2,1H3,(H,27,30,31)/t14-,17+/m1/s1. The van der Waals surface area contributed by atoms with E-state index in [1.807, 2.05) is 0 Å². The number of alkyl halides is 1. The van der Waals surface area contributed by atoms with Crippen LogP contribution >= 0.6 is 15.9 Å². The molecule has 11 nitrogen and oxygen atoms in total. The molecule has 0 aromatic carbocycles. The van der Waals surface area contributed by atoms with E-state index in [2.05, 4.69) is 46.5 Å². The number of likely N-dealkylation sites (tertiary alicyclic amines) is 1. The lowest BCUT2D eigenvalue weighted by molar-refractivity contribution is -0.132. The van der Waals surface area contributed by atoms with Crippen LogP contribution in [-0.4, -0.2) is 71.1 Å². The summed E-state index contributed by atoms with van der Waals surface area (Å²) in [6, 6.07) is 8.92. The Balaban J connectivity index is 1.42. The number of hydrogen-bond donors (Lipinski definition) is 1. The van der Waals surface area contributed by atoms with Crippen molar-refractivity contribution in [2.75, 3.05) is 11.9 Å². The first-order valence-electron chi connectivity index (χ1n) is 11.3. The quantitative estimate of drug-likeness (QED) is 0.264. The number of amides is 1. The second-order valence-electron chi connectivity index (χ2n) is 8.49. The number of halogens is 2. The molecule has 0 bridgehead atoms. The second kappa shape index (κ2) is 10.1. The fourth-order valence-electron chi connectivity index (χ4n) is 4.26. The Hall–Kier alpha value is -4.13. The molecule has 4 aromatic heterocycles. The average molecular weight is 567 g/mol. The van der Waals surface area contributed by atoms with Gasteiger partial charge in [-0.1, -0.05) is 6.07 Å². The summed E-state index contributed by atoms with van der Waals surface area (Å²) in [5, 5.41) is 15.6. The minimum absolute atomic E-state index is 0.115. The largest absolute Gasteiger partial charge is 0.328 e. The highest BCUT2D eigenvalue weighted by atomic mass is 79.9. The number of aromatic nitrogens is 6. The van der Waals surface area contributed by atoms with Gasteiger partial charge in [-0.2, -0.15) is 10.2 Å². The van der Waals surface area contributed by atoms with Gasteiger partial charge in [0.2, 0.25) is 11.7 Å². The topological polar surface area (TPSA) is 136 Å². The van der Waals surface area contributed by atoms with Crippen LogP contribution in [0.25, 0.3) is 10.9 Å². The van der Waals surface area contributed by atoms with Gasteiger partial charge in [0.15, 0.2) is 11.6 Å². The molecule has 1 N–H and O–H groups in total. The number of rotatable bonds is 7. The van der Waals surface area contributed by atoms with Crippen molar-refractivity contribution in [3.63, 3.8) is 0 Å². The Labute approximate surface area is 218 Å². The number of nitrogens with one attached hydrogen (secondary N) is 1. The zero-order valence-corrected chi connectivity index (χ0v) is 21.1. The van der Waals surface area contributed by atoms with E-state index in [1.54, 1.807) is 30.3 Å². The van der Waals surface area contributed by atoms with E-state index in [-0.39, 0.29) is 36.7 Å². The number of Topliss-reactive ketones (excluding diaryl/α,β-unsaturated/α-hetero) is 2. The molecule has 4 aromatic rings. The molecule has 0 aliphatic carbocycles. The number of fused-ring (bicyclic) bond motifs is 1. The first-order valence-corrected chi connectivity index (χ1v) is 12.1. The van der Waals surface area contributed by atoms with E-state index >= 15 is 0 Å². The second-order valence-corrected chi connectivity index (χ2v) is 9.30. The molecule has 0 radical (unpaired) electrons. The van der Waals surface area contributed by atoms with Gasteiger partial charge >= 0.3 is 0 Å². The molecule has 1 aliphatic heterocycles. The smallest absolute Gasteiger partial charge is 0.245 e. The number of anilines is 2. The van der Waals surface area contributed by atoms with Crippen LogP contribution in [0.3, 0.4) is 0 Å². The predicted molar refractivity (Wildman–Crippen MR) is 134 cm³/mol. The maximum Gasteiger partial charge on any atom is 0.245 e. The third-order valence-electron chi connectivity index (χ3n) is 5.92. The van der Waals surface area contributed by atoms with Gasteiger partial charge in [-0.05, 0) is 46.3 Å². The number of hydrogen-bond acceptors (Lipinski definition) is 9. The van der Waals surface area contributed by atoms with E-state index in [0.29, 0.717) is 27.1 Å². The number of carbonyl (C=O) groups excluding carboxylic acids is 3. The molecule has 0 unspecified atom stereocenters. The Bertz CT molecular complexity index is 1510. The molecule has 5 rings (SSSR count). The van der Waals surface area contributed by atoms with Crippen LogP contribution in [0.2, 0.25) is 0 Å². The van der Waals surface area contributed by atoms with Gasteiger partial charge in [-0.25, -0.2) is 14.4 Å².